The molecule has 4 atom stereocenters. The van der Waals surface area contributed by atoms with Gasteiger partial charge >= 0.3 is 0 Å². The Kier molecular flexibility index (Phi) is 3.96. The molecular formula is C11H14N2O6. The number of hydrogen-bond acceptors (Lipinski definition) is 7. The summed E-state index contributed by atoms with van der Waals surface area (Å²) >= 11 is 0. The summed E-state index contributed by atoms with van der Waals surface area (Å²) in [6.45, 7) is -0.170. The van der Waals surface area contributed by atoms with Crippen molar-refractivity contribution in [1.82, 2.24) is 0 Å². The van der Waals surface area contributed by atoms with E-state index in [1.165, 1.54) is 18.2 Å². The van der Waals surface area contributed by atoms with Crippen molar-refractivity contribution < 1.29 is 25.0 Å². The van der Waals surface area contributed by atoms with Crippen LogP contribution < -0.4 is 5.32 Å². The number of benzene rings is 1. The molecule has 8 heteroatoms. The van der Waals surface area contributed by atoms with Gasteiger partial charge in [-0.15, -0.1) is 0 Å². The van der Waals surface area contributed by atoms with E-state index in [1.54, 1.807) is 6.07 Å². The van der Waals surface area contributed by atoms with Crippen LogP contribution in [-0.4, -0.2) is 51.4 Å². The third-order valence-electron chi connectivity index (χ3n) is 2.90. The smallest absolute Gasteiger partial charge is 0.292 e. The molecule has 1 heterocycles. The van der Waals surface area contributed by atoms with Crippen LogP contribution in [0, 0.1) is 10.1 Å². The Labute approximate surface area is 108 Å². The summed E-state index contributed by atoms with van der Waals surface area (Å²) in [6, 6.07) is 5.88. The molecule has 19 heavy (non-hydrogen) atoms. The van der Waals surface area contributed by atoms with Crippen LogP contribution in [0.5, 0.6) is 0 Å². The quantitative estimate of drug-likeness (QED) is 0.428. The van der Waals surface area contributed by atoms with Gasteiger partial charge in [0.2, 0.25) is 0 Å². The number of aliphatic hydroxyl groups excluding tert-OH is 3. The normalized spacial score (nSPS) is 30.9. The molecule has 8 nitrogen and oxygen atoms in total. The van der Waals surface area contributed by atoms with Crippen molar-refractivity contribution in [3.8, 4) is 0 Å². The zero-order chi connectivity index (χ0) is 14.0. The molecule has 1 saturated heterocycles. The first kappa shape index (κ1) is 13.7. The molecule has 0 amide bonds. The van der Waals surface area contributed by atoms with Crippen molar-refractivity contribution in [3.05, 3.63) is 34.4 Å². The van der Waals surface area contributed by atoms with Crippen LogP contribution in [0.1, 0.15) is 0 Å². The van der Waals surface area contributed by atoms with Crippen LogP contribution in [0.2, 0.25) is 0 Å². The Hall–Kier alpha value is -1.74. The molecule has 1 aliphatic heterocycles. The number of rotatable bonds is 3. The lowest BCUT2D eigenvalue weighted by Gasteiger charge is -2.35. The summed E-state index contributed by atoms with van der Waals surface area (Å²) in [7, 11) is 0. The Morgan fingerprint density at radius 3 is 2.63 bits per heavy atom. The number of anilines is 1. The van der Waals surface area contributed by atoms with E-state index in [4.69, 9.17) is 4.74 Å². The van der Waals surface area contributed by atoms with Crippen molar-refractivity contribution in [3.63, 3.8) is 0 Å². The number of nitro benzene ring substituents is 1. The van der Waals surface area contributed by atoms with Gasteiger partial charge in [0.05, 0.1) is 11.5 Å². The molecule has 0 bridgehead atoms. The monoisotopic (exact) mass is 270 g/mol. The Morgan fingerprint density at radius 2 is 1.95 bits per heavy atom. The fraction of sp³-hybridized carbons (Fsp3) is 0.455. The number of hydrogen-bond donors (Lipinski definition) is 4. The Balaban J connectivity index is 2.15. The Morgan fingerprint density at radius 1 is 1.26 bits per heavy atom. The maximum atomic E-state index is 10.8. The van der Waals surface area contributed by atoms with E-state index in [9.17, 15) is 25.4 Å². The first-order chi connectivity index (χ1) is 9.00. The molecule has 1 aliphatic rings. The van der Waals surface area contributed by atoms with Gasteiger partial charge in [-0.25, -0.2) is 0 Å². The van der Waals surface area contributed by atoms with Gasteiger partial charge in [0.15, 0.2) is 6.23 Å². The van der Waals surface area contributed by atoms with Crippen LogP contribution in [0.3, 0.4) is 0 Å². The molecule has 1 aromatic carbocycles. The van der Waals surface area contributed by atoms with E-state index in [2.05, 4.69) is 5.32 Å². The molecule has 1 fully saturated rings. The van der Waals surface area contributed by atoms with Gasteiger partial charge in [-0.3, -0.25) is 10.1 Å². The third kappa shape index (κ3) is 2.82. The van der Waals surface area contributed by atoms with E-state index in [1.807, 2.05) is 0 Å². The highest BCUT2D eigenvalue weighted by Crippen LogP contribution is 2.26. The SMILES string of the molecule is O=[N+]([O-])c1ccccc1N[C@@H]1OC[C@H](O)[C@@H](O)[C@H]1O. The third-order valence-corrected chi connectivity index (χ3v) is 2.90. The van der Waals surface area contributed by atoms with Crippen molar-refractivity contribution in [2.45, 2.75) is 24.5 Å². The lowest BCUT2D eigenvalue weighted by atomic mass is 10.0. The molecule has 0 unspecified atom stereocenters. The number of ether oxygens (including phenoxy) is 1. The standard InChI is InChI=1S/C11H14N2O6/c14-8-5-19-11(10(16)9(8)15)12-6-3-1-2-4-7(6)13(17)18/h1-4,8-12,14-16H,5H2/t8-,9+,10+,11+/m0/s1. The van der Waals surface area contributed by atoms with Gasteiger partial charge < -0.3 is 25.4 Å². The first-order valence-electron chi connectivity index (χ1n) is 5.66. The molecule has 0 aliphatic carbocycles. The van der Waals surface area contributed by atoms with Crippen molar-refractivity contribution in [2.24, 2.45) is 0 Å². The zero-order valence-corrected chi connectivity index (χ0v) is 9.84. The number of para-hydroxylation sites is 2. The average molecular weight is 270 g/mol. The lowest BCUT2D eigenvalue weighted by Crippen LogP contribution is -2.55. The summed E-state index contributed by atoms with van der Waals surface area (Å²) in [5, 5.41) is 42.0. The summed E-state index contributed by atoms with van der Waals surface area (Å²) in [5.41, 5.74) is -0.000878. The second kappa shape index (κ2) is 5.49. The topological polar surface area (TPSA) is 125 Å². The van der Waals surface area contributed by atoms with Crippen LogP contribution in [0.25, 0.3) is 0 Å². The van der Waals surface area contributed by atoms with Gasteiger partial charge in [-0.05, 0) is 6.07 Å². The van der Waals surface area contributed by atoms with Crippen molar-refractivity contribution >= 4 is 11.4 Å². The van der Waals surface area contributed by atoms with Gasteiger partial charge in [-0.1, -0.05) is 12.1 Å². The molecule has 2 rings (SSSR count). The predicted molar refractivity (Wildman–Crippen MR) is 64.5 cm³/mol. The van der Waals surface area contributed by atoms with Gasteiger partial charge in [-0.2, -0.15) is 0 Å². The van der Waals surface area contributed by atoms with Crippen LogP contribution in [-0.2, 0) is 4.74 Å². The minimum absolute atomic E-state index is 0.167. The maximum Gasteiger partial charge on any atom is 0.292 e. The largest absolute Gasteiger partial charge is 0.388 e. The number of nitro groups is 1. The second-order valence-electron chi connectivity index (χ2n) is 4.22. The zero-order valence-electron chi connectivity index (χ0n) is 9.84. The summed E-state index contributed by atoms with van der Waals surface area (Å²) in [4.78, 5) is 10.3. The highest BCUT2D eigenvalue weighted by Gasteiger charge is 2.38. The molecule has 104 valence electrons. The molecule has 0 aromatic heterocycles. The van der Waals surface area contributed by atoms with Crippen LogP contribution in [0.15, 0.2) is 24.3 Å². The van der Waals surface area contributed by atoms with E-state index in [-0.39, 0.29) is 18.0 Å². The van der Waals surface area contributed by atoms with E-state index in [0.29, 0.717) is 0 Å². The molecule has 0 saturated carbocycles. The number of aliphatic hydroxyl groups is 3. The predicted octanol–water partition coefficient (Wildman–Crippen LogP) is -0.554. The van der Waals surface area contributed by atoms with Gasteiger partial charge in [0.25, 0.3) is 5.69 Å². The number of nitrogens with one attached hydrogen (secondary N) is 1. The minimum Gasteiger partial charge on any atom is -0.388 e. The maximum absolute atomic E-state index is 10.8. The second-order valence-corrected chi connectivity index (χ2v) is 4.22. The van der Waals surface area contributed by atoms with Crippen LogP contribution >= 0.6 is 0 Å². The average Bonchev–Trinajstić information content (AvgIpc) is 2.40. The van der Waals surface area contributed by atoms with Crippen LogP contribution in [0.4, 0.5) is 11.4 Å². The molecule has 4 N–H and O–H groups in total. The highest BCUT2D eigenvalue weighted by molar-refractivity contribution is 5.61. The molecule has 1 aromatic rings. The summed E-state index contributed by atoms with van der Waals surface area (Å²) < 4.78 is 5.12. The number of nitrogens with zero attached hydrogens (tertiary/aromatic N) is 1. The van der Waals surface area contributed by atoms with Gasteiger partial charge in [0.1, 0.15) is 24.0 Å². The summed E-state index contributed by atoms with van der Waals surface area (Å²) in [5.74, 6) is 0. The fourth-order valence-electron chi connectivity index (χ4n) is 1.84. The van der Waals surface area contributed by atoms with Crippen molar-refractivity contribution in [1.29, 1.82) is 0 Å². The van der Waals surface area contributed by atoms with Gasteiger partial charge in [0, 0.05) is 6.07 Å². The van der Waals surface area contributed by atoms with E-state index >= 15 is 0 Å². The van der Waals surface area contributed by atoms with E-state index < -0.39 is 29.5 Å². The highest BCUT2D eigenvalue weighted by atomic mass is 16.6. The van der Waals surface area contributed by atoms with E-state index in [0.717, 1.165) is 0 Å². The Bertz CT molecular complexity index is 468. The molecule has 0 spiro atoms. The molecule has 0 radical (unpaired) electrons. The lowest BCUT2D eigenvalue weighted by molar-refractivity contribution is -0.384. The summed E-state index contributed by atoms with van der Waals surface area (Å²) in [6.07, 6.45) is -4.96. The van der Waals surface area contributed by atoms with Crippen molar-refractivity contribution in [2.75, 3.05) is 11.9 Å². The first-order valence-corrected chi connectivity index (χ1v) is 5.66. The fourth-order valence-corrected chi connectivity index (χ4v) is 1.84. The molecular weight excluding hydrogens is 256 g/mol. The minimum atomic E-state index is -1.39.